The molecular weight excluding hydrogens is 244 g/mol. The van der Waals surface area contributed by atoms with Gasteiger partial charge in [0.05, 0.1) is 18.3 Å². The zero-order valence-electron chi connectivity index (χ0n) is 10.3. The normalized spacial score (nSPS) is 10.1. The van der Waals surface area contributed by atoms with Crippen LogP contribution in [0, 0.1) is 0 Å². The van der Waals surface area contributed by atoms with E-state index in [9.17, 15) is 4.79 Å². The Labute approximate surface area is 110 Å². The molecule has 0 unspecified atom stereocenters. The summed E-state index contributed by atoms with van der Waals surface area (Å²) in [5.41, 5.74) is 0.544. The van der Waals surface area contributed by atoms with Crippen LogP contribution in [-0.2, 0) is 11.3 Å². The lowest BCUT2D eigenvalue weighted by Crippen LogP contribution is -2.08. The molecule has 0 spiro atoms. The minimum Gasteiger partial charge on any atom is -0.492 e. The van der Waals surface area contributed by atoms with Crippen molar-refractivity contribution in [2.75, 3.05) is 6.61 Å². The van der Waals surface area contributed by atoms with E-state index in [0.29, 0.717) is 18.7 Å². The van der Waals surface area contributed by atoms with E-state index in [1.807, 2.05) is 30.3 Å². The van der Waals surface area contributed by atoms with Gasteiger partial charge in [0.2, 0.25) is 0 Å². The first-order valence-electron chi connectivity index (χ1n) is 5.79. The number of rotatable bonds is 6. The molecule has 0 saturated heterocycles. The van der Waals surface area contributed by atoms with E-state index in [4.69, 9.17) is 9.84 Å². The summed E-state index contributed by atoms with van der Waals surface area (Å²) < 4.78 is 7.16. The summed E-state index contributed by atoms with van der Waals surface area (Å²) >= 11 is 0. The third kappa shape index (κ3) is 3.45. The van der Waals surface area contributed by atoms with Gasteiger partial charge in [0, 0.05) is 11.8 Å². The van der Waals surface area contributed by atoms with Gasteiger partial charge in [-0.2, -0.15) is 5.10 Å². The van der Waals surface area contributed by atoms with Crippen LogP contribution < -0.4 is 4.74 Å². The molecule has 0 aliphatic carbocycles. The summed E-state index contributed by atoms with van der Waals surface area (Å²) in [7, 11) is 0. The summed E-state index contributed by atoms with van der Waals surface area (Å²) in [4.78, 5) is 10.7. The Morgan fingerprint density at radius 1 is 1.37 bits per heavy atom. The molecule has 0 atom stereocenters. The van der Waals surface area contributed by atoms with E-state index < -0.39 is 5.97 Å². The molecule has 1 N–H and O–H groups in total. The average molecular weight is 258 g/mol. The van der Waals surface area contributed by atoms with Crippen LogP contribution in [0.1, 0.15) is 5.56 Å². The molecule has 19 heavy (non-hydrogen) atoms. The van der Waals surface area contributed by atoms with Crippen molar-refractivity contribution in [2.45, 2.75) is 6.54 Å². The number of carboxylic acids is 1. The summed E-state index contributed by atoms with van der Waals surface area (Å²) in [5, 5.41) is 12.9. The summed E-state index contributed by atoms with van der Waals surface area (Å²) in [6.45, 7) is 4.49. The smallest absolute Gasteiger partial charge is 0.335 e. The molecule has 5 nitrogen and oxygen atoms in total. The fourth-order valence-corrected chi connectivity index (χ4v) is 1.54. The predicted molar refractivity (Wildman–Crippen MR) is 70.8 cm³/mol. The summed E-state index contributed by atoms with van der Waals surface area (Å²) in [5.74, 6) is -0.245. The van der Waals surface area contributed by atoms with Crippen LogP contribution in [0.3, 0.4) is 0 Å². The van der Waals surface area contributed by atoms with E-state index in [1.54, 1.807) is 10.9 Å². The van der Waals surface area contributed by atoms with Gasteiger partial charge in [-0.25, -0.2) is 4.79 Å². The van der Waals surface area contributed by atoms with Gasteiger partial charge in [-0.1, -0.05) is 24.8 Å². The first kappa shape index (κ1) is 12.9. The van der Waals surface area contributed by atoms with E-state index >= 15 is 0 Å². The van der Waals surface area contributed by atoms with Crippen molar-refractivity contribution in [3.63, 3.8) is 0 Å². The van der Waals surface area contributed by atoms with E-state index in [0.717, 1.165) is 5.75 Å². The van der Waals surface area contributed by atoms with Gasteiger partial charge >= 0.3 is 5.97 Å². The Bertz CT molecular complexity index is 575. The number of para-hydroxylation sites is 1. The fourth-order valence-electron chi connectivity index (χ4n) is 1.54. The number of carbonyl (C=O) groups is 1. The third-order valence-corrected chi connectivity index (χ3v) is 2.57. The second-order valence-electron chi connectivity index (χ2n) is 3.94. The Morgan fingerprint density at radius 2 is 2.11 bits per heavy atom. The maximum Gasteiger partial charge on any atom is 0.335 e. The van der Waals surface area contributed by atoms with Crippen LogP contribution in [-0.4, -0.2) is 27.5 Å². The highest BCUT2D eigenvalue weighted by molar-refractivity contribution is 6.14. The van der Waals surface area contributed by atoms with Crippen LogP contribution in [0.5, 0.6) is 5.75 Å². The van der Waals surface area contributed by atoms with Crippen LogP contribution in [0.2, 0.25) is 0 Å². The van der Waals surface area contributed by atoms with Gasteiger partial charge in [-0.3, -0.25) is 4.68 Å². The van der Waals surface area contributed by atoms with Gasteiger partial charge in [0.25, 0.3) is 0 Å². The van der Waals surface area contributed by atoms with Crippen molar-refractivity contribution in [3.05, 3.63) is 54.9 Å². The van der Waals surface area contributed by atoms with E-state index in [-0.39, 0.29) is 5.57 Å². The molecule has 98 valence electrons. The largest absolute Gasteiger partial charge is 0.492 e. The molecule has 1 heterocycles. The maximum atomic E-state index is 10.7. The predicted octanol–water partition coefficient (Wildman–Crippen LogP) is 2.06. The minimum atomic E-state index is -1.04. The molecule has 0 amide bonds. The molecule has 0 aliphatic heterocycles. The zero-order chi connectivity index (χ0) is 13.7. The van der Waals surface area contributed by atoms with Crippen molar-refractivity contribution in [1.29, 1.82) is 0 Å². The molecular formula is C14H14N2O3. The Morgan fingerprint density at radius 3 is 2.79 bits per heavy atom. The first-order valence-corrected chi connectivity index (χ1v) is 5.79. The molecule has 0 saturated carbocycles. The topological polar surface area (TPSA) is 64.3 Å². The maximum absolute atomic E-state index is 10.7. The molecule has 0 fully saturated rings. The third-order valence-electron chi connectivity index (χ3n) is 2.57. The highest BCUT2D eigenvalue weighted by atomic mass is 16.5. The molecule has 2 aromatic rings. The minimum absolute atomic E-state index is 0.0372. The second-order valence-corrected chi connectivity index (χ2v) is 3.94. The van der Waals surface area contributed by atoms with Crippen LogP contribution in [0.15, 0.2) is 49.3 Å². The number of carboxylic acid groups (broad SMARTS) is 1. The number of hydrogen-bond donors (Lipinski definition) is 1. The van der Waals surface area contributed by atoms with Gasteiger partial charge in [-0.15, -0.1) is 0 Å². The molecule has 0 radical (unpaired) electrons. The van der Waals surface area contributed by atoms with Gasteiger partial charge in [0.15, 0.2) is 0 Å². The standard InChI is InChI=1S/C14H14N2O3/c1-11(14(17)18)12-9-15-16(10-12)7-8-19-13-5-3-2-4-6-13/h2-6,9-10H,1,7-8H2,(H,17,18). The summed E-state index contributed by atoms with van der Waals surface area (Å²) in [6, 6.07) is 9.47. The molecule has 0 bridgehead atoms. The number of ether oxygens (including phenoxy) is 1. The zero-order valence-corrected chi connectivity index (χ0v) is 10.3. The Hall–Kier alpha value is -2.56. The second kappa shape index (κ2) is 5.86. The quantitative estimate of drug-likeness (QED) is 0.805. The monoisotopic (exact) mass is 258 g/mol. The summed E-state index contributed by atoms with van der Waals surface area (Å²) in [6.07, 6.45) is 3.13. The molecule has 0 aliphatic rings. The SMILES string of the molecule is C=C(C(=O)O)c1cnn(CCOc2ccccc2)c1. The van der Waals surface area contributed by atoms with Gasteiger partial charge in [-0.05, 0) is 12.1 Å². The molecule has 2 rings (SSSR count). The highest BCUT2D eigenvalue weighted by Crippen LogP contribution is 2.11. The van der Waals surface area contributed by atoms with Crippen molar-refractivity contribution in [2.24, 2.45) is 0 Å². The number of nitrogens with zero attached hydrogens (tertiary/aromatic N) is 2. The lowest BCUT2D eigenvalue weighted by molar-refractivity contribution is -0.130. The Kier molecular flexibility index (Phi) is 3.97. The number of aliphatic carboxylic acids is 1. The van der Waals surface area contributed by atoms with Gasteiger partial charge < -0.3 is 9.84 Å². The van der Waals surface area contributed by atoms with E-state index in [2.05, 4.69) is 11.7 Å². The number of hydrogen-bond acceptors (Lipinski definition) is 3. The average Bonchev–Trinajstić information content (AvgIpc) is 2.88. The molecule has 1 aromatic heterocycles. The fraction of sp³-hybridized carbons (Fsp3) is 0.143. The van der Waals surface area contributed by atoms with Crippen molar-refractivity contribution >= 4 is 11.5 Å². The number of aromatic nitrogens is 2. The molecule has 1 aromatic carbocycles. The van der Waals surface area contributed by atoms with Crippen molar-refractivity contribution in [3.8, 4) is 5.75 Å². The lowest BCUT2D eigenvalue weighted by atomic mass is 10.2. The van der Waals surface area contributed by atoms with Crippen LogP contribution in [0.25, 0.3) is 5.57 Å². The first-order chi connectivity index (χ1) is 9.16. The molecule has 5 heteroatoms. The van der Waals surface area contributed by atoms with Crippen LogP contribution in [0.4, 0.5) is 0 Å². The Balaban J connectivity index is 1.87. The number of benzene rings is 1. The van der Waals surface area contributed by atoms with Crippen molar-refractivity contribution in [1.82, 2.24) is 9.78 Å². The van der Waals surface area contributed by atoms with Crippen LogP contribution >= 0.6 is 0 Å². The lowest BCUT2D eigenvalue weighted by Gasteiger charge is -2.05. The highest BCUT2D eigenvalue weighted by Gasteiger charge is 2.09. The van der Waals surface area contributed by atoms with E-state index in [1.165, 1.54) is 6.20 Å². The van der Waals surface area contributed by atoms with Gasteiger partial charge in [0.1, 0.15) is 12.4 Å². The van der Waals surface area contributed by atoms with Crippen molar-refractivity contribution < 1.29 is 14.6 Å².